The van der Waals surface area contributed by atoms with Crippen LogP contribution in [-0.4, -0.2) is 73.6 Å². The number of aromatic nitrogens is 2. The fraction of sp³-hybridized carbons (Fsp3) is 0.260. The molecule has 4 aromatic carbocycles. The molecular formula is C50H50N4O11S. The minimum absolute atomic E-state index is 0.189. The van der Waals surface area contributed by atoms with E-state index in [9.17, 15) is 19.2 Å². The minimum Gasteiger partial charge on any atom is -0.494 e. The maximum atomic E-state index is 13.8. The normalized spacial score (nSPS) is 10.9. The molecule has 1 N–H and O–H groups in total. The molecule has 0 unspecified atom stereocenters. The van der Waals surface area contributed by atoms with Crippen LogP contribution < -0.4 is 29.1 Å². The summed E-state index contributed by atoms with van der Waals surface area (Å²) >= 11 is 1.27. The number of carbonyl (C=O) groups is 4. The number of benzene rings is 4. The molecule has 0 radical (unpaired) electrons. The van der Waals surface area contributed by atoms with Gasteiger partial charge in [0.1, 0.15) is 33.3 Å². The SMILES string of the molecule is C=CC(=O)OCCCCCCOc1ccc(C(=O)Oc2cc(/C=N/Nc3nc4ccc(OC)nc4s3)c(OC(=O)c3ccc(OCCCCCCOC(=O)C=C)cc3)c3ccccc23)cc1. The topological polar surface area (TPSA) is 183 Å². The Morgan fingerprint density at radius 1 is 0.652 bits per heavy atom. The minimum atomic E-state index is -0.628. The van der Waals surface area contributed by atoms with E-state index in [0.29, 0.717) is 81.2 Å². The standard InChI is InChI=1S/C50H50N4O11S/c1-4-44(55)62-30-14-8-6-12-28-60-37-22-18-34(19-23-37)48(57)64-42-32-36(33-51-54-50-52-41-26-27-43(59-3)53-47(41)66-50)46(40-17-11-10-16-39(40)42)65-49(58)35-20-24-38(25-21-35)61-29-13-7-9-15-31-63-45(56)5-2/h4-5,10-11,16-27,32-33H,1-2,6-9,12-15,28-31H2,3H3,(H,52,54)/b51-33+. The number of ether oxygens (including phenoxy) is 7. The van der Waals surface area contributed by atoms with Gasteiger partial charge in [0.15, 0.2) is 0 Å². The summed E-state index contributed by atoms with van der Waals surface area (Å²) < 4.78 is 39.1. The number of methoxy groups -OCH3 is 1. The van der Waals surface area contributed by atoms with E-state index in [0.717, 1.165) is 63.5 Å². The fourth-order valence-corrected chi connectivity index (χ4v) is 7.17. The highest BCUT2D eigenvalue weighted by molar-refractivity contribution is 7.21. The van der Waals surface area contributed by atoms with Crippen molar-refractivity contribution in [1.29, 1.82) is 0 Å². The quantitative estimate of drug-likeness (QED) is 0.0135. The lowest BCUT2D eigenvalue weighted by Gasteiger charge is -2.15. The number of fused-ring (bicyclic) bond motifs is 2. The Bertz CT molecular complexity index is 2650. The van der Waals surface area contributed by atoms with Crippen molar-refractivity contribution in [1.82, 2.24) is 9.97 Å². The van der Waals surface area contributed by atoms with Gasteiger partial charge in [-0.2, -0.15) is 5.10 Å². The first-order chi connectivity index (χ1) is 32.2. The van der Waals surface area contributed by atoms with E-state index in [-0.39, 0.29) is 17.1 Å². The summed E-state index contributed by atoms with van der Waals surface area (Å²) in [5.74, 6) is -0.0227. The van der Waals surface area contributed by atoms with E-state index in [1.807, 2.05) is 0 Å². The number of unbranched alkanes of at least 4 members (excludes halogenated alkanes) is 6. The fourth-order valence-electron chi connectivity index (χ4n) is 6.39. The number of carbonyl (C=O) groups excluding carboxylic acids is 4. The van der Waals surface area contributed by atoms with E-state index in [2.05, 4.69) is 33.7 Å². The molecule has 0 aliphatic heterocycles. The molecule has 0 bridgehead atoms. The average Bonchev–Trinajstić information content (AvgIpc) is 3.76. The molecule has 2 heterocycles. The molecule has 342 valence electrons. The van der Waals surface area contributed by atoms with Crippen molar-refractivity contribution in [3.63, 3.8) is 0 Å². The van der Waals surface area contributed by atoms with Gasteiger partial charge in [-0.25, -0.2) is 29.1 Å². The number of hydrazone groups is 1. The number of thiazole rings is 1. The van der Waals surface area contributed by atoms with Crippen molar-refractivity contribution in [2.75, 3.05) is 39.0 Å². The molecule has 15 nitrogen and oxygen atoms in total. The monoisotopic (exact) mass is 914 g/mol. The number of esters is 4. The van der Waals surface area contributed by atoms with Crippen molar-refractivity contribution in [3.8, 4) is 28.9 Å². The average molecular weight is 915 g/mol. The Morgan fingerprint density at radius 2 is 1.20 bits per heavy atom. The molecule has 0 amide bonds. The molecule has 0 spiro atoms. The van der Waals surface area contributed by atoms with E-state index >= 15 is 0 Å². The molecule has 6 aromatic rings. The van der Waals surface area contributed by atoms with Crippen LogP contribution in [0, 0.1) is 0 Å². The van der Waals surface area contributed by atoms with E-state index < -0.39 is 23.9 Å². The van der Waals surface area contributed by atoms with E-state index in [4.69, 9.17) is 33.2 Å². The number of anilines is 1. The van der Waals surface area contributed by atoms with Crippen molar-refractivity contribution < 1.29 is 52.3 Å². The second-order valence-corrected chi connectivity index (χ2v) is 15.5. The highest BCUT2D eigenvalue weighted by Crippen LogP contribution is 2.37. The van der Waals surface area contributed by atoms with Crippen molar-refractivity contribution in [2.24, 2.45) is 5.10 Å². The van der Waals surface area contributed by atoms with Gasteiger partial charge in [0.25, 0.3) is 0 Å². The van der Waals surface area contributed by atoms with Crippen molar-refractivity contribution >= 4 is 67.7 Å². The van der Waals surface area contributed by atoms with Crippen molar-refractivity contribution in [2.45, 2.75) is 51.4 Å². The summed E-state index contributed by atoms with van der Waals surface area (Å²) in [5, 5.41) is 5.90. The van der Waals surface area contributed by atoms with Crippen LogP contribution in [0.3, 0.4) is 0 Å². The van der Waals surface area contributed by atoms with Crippen LogP contribution in [0.5, 0.6) is 28.9 Å². The number of nitrogens with zero attached hydrogens (tertiary/aromatic N) is 3. The Morgan fingerprint density at radius 3 is 1.76 bits per heavy atom. The number of hydrogen-bond donors (Lipinski definition) is 1. The smallest absolute Gasteiger partial charge is 0.343 e. The lowest BCUT2D eigenvalue weighted by Crippen LogP contribution is -2.12. The predicted molar refractivity (Wildman–Crippen MR) is 252 cm³/mol. The summed E-state index contributed by atoms with van der Waals surface area (Å²) in [7, 11) is 1.54. The van der Waals surface area contributed by atoms with Crippen molar-refractivity contribution in [3.05, 3.63) is 133 Å². The second-order valence-electron chi connectivity index (χ2n) is 14.5. The van der Waals surface area contributed by atoms with Crippen LogP contribution >= 0.6 is 11.3 Å². The van der Waals surface area contributed by atoms with Gasteiger partial charge in [-0.05, 0) is 112 Å². The van der Waals surface area contributed by atoms with Gasteiger partial charge >= 0.3 is 23.9 Å². The largest absolute Gasteiger partial charge is 0.494 e. The third-order valence-corrected chi connectivity index (χ3v) is 10.7. The van der Waals surface area contributed by atoms with E-state index in [1.165, 1.54) is 24.7 Å². The van der Waals surface area contributed by atoms with Gasteiger partial charge in [-0.3, -0.25) is 5.43 Å². The third kappa shape index (κ3) is 14.2. The number of rotatable bonds is 26. The molecule has 0 fully saturated rings. The molecule has 66 heavy (non-hydrogen) atoms. The zero-order chi connectivity index (χ0) is 46.5. The van der Waals surface area contributed by atoms with Crippen LogP contribution in [0.1, 0.15) is 77.6 Å². The highest BCUT2D eigenvalue weighted by Gasteiger charge is 2.20. The Kier molecular flexibility index (Phi) is 18.2. The van der Waals surface area contributed by atoms with Crippen LogP contribution in [-0.2, 0) is 19.1 Å². The van der Waals surface area contributed by atoms with Gasteiger partial charge in [0.2, 0.25) is 11.0 Å². The summed E-state index contributed by atoms with van der Waals surface area (Å²) in [4.78, 5) is 59.3. The van der Waals surface area contributed by atoms with Gasteiger partial charge < -0.3 is 33.2 Å². The number of nitrogens with one attached hydrogen (secondary N) is 1. The van der Waals surface area contributed by atoms with Crippen LogP contribution in [0.2, 0.25) is 0 Å². The van der Waals surface area contributed by atoms with Gasteiger partial charge in [0.05, 0.1) is 50.9 Å². The Balaban J connectivity index is 1.14. The summed E-state index contributed by atoms with van der Waals surface area (Å²) in [6.07, 6.45) is 10.5. The molecule has 16 heteroatoms. The van der Waals surface area contributed by atoms with Crippen LogP contribution in [0.4, 0.5) is 5.13 Å². The van der Waals surface area contributed by atoms with Crippen LogP contribution in [0.25, 0.3) is 21.1 Å². The first-order valence-electron chi connectivity index (χ1n) is 21.4. The third-order valence-electron chi connectivity index (χ3n) is 9.80. The first kappa shape index (κ1) is 47.9. The molecular weight excluding hydrogens is 865 g/mol. The van der Waals surface area contributed by atoms with E-state index in [1.54, 1.807) is 91.0 Å². The van der Waals surface area contributed by atoms with Gasteiger partial charge in [-0.15, -0.1) is 0 Å². The zero-order valence-electron chi connectivity index (χ0n) is 36.5. The molecule has 2 aromatic heterocycles. The van der Waals surface area contributed by atoms with Gasteiger partial charge in [0, 0.05) is 34.6 Å². The Labute approximate surface area is 386 Å². The highest BCUT2D eigenvalue weighted by atomic mass is 32.1. The number of hydrogen-bond acceptors (Lipinski definition) is 16. The van der Waals surface area contributed by atoms with Crippen LogP contribution in [0.15, 0.2) is 121 Å². The first-order valence-corrected chi connectivity index (χ1v) is 22.2. The zero-order valence-corrected chi connectivity index (χ0v) is 37.3. The summed E-state index contributed by atoms with van der Waals surface area (Å²) in [5.41, 5.74) is 4.50. The lowest BCUT2D eigenvalue weighted by molar-refractivity contribution is -0.138. The molecule has 0 atom stereocenters. The predicted octanol–water partition coefficient (Wildman–Crippen LogP) is 10.1. The molecule has 0 aliphatic carbocycles. The second kappa shape index (κ2) is 25.0. The number of pyridine rings is 1. The molecule has 0 saturated carbocycles. The molecule has 0 aliphatic rings. The summed E-state index contributed by atoms with van der Waals surface area (Å²) in [6.45, 7) is 8.47. The molecule has 6 rings (SSSR count). The lowest BCUT2D eigenvalue weighted by atomic mass is 10.0. The summed E-state index contributed by atoms with van der Waals surface area (Å²) in [6, 6.07) is 25.5. The Hall–Kier alpha value is -7.59. The maximum Gasteiger partial charge on any atom is 0.343 e. The van der Waals surface area contributed by atoms with Gasteiger partial charge in [-0.1, -0.05) is 48.8 Å². The molecule has 0 saturated heterocycles. The maximum absolute atomic E-state index is 13.8.